The van der Waals surface area contributed by atoms with Crippen LogP contribution in [0.15, 0.2) is 66.1 Å². The molecule has 2 atom stereocenters. The Kier molecular flexibility index (Phi) is 5.14. The molecule has 0 amide bonds. The Hall–Kier alpha value is -1.95. The van der Waals surface area contributed by atoms with Gasteiger partial charge in [-0.3, -0.25) is 0 Å². The van der Waals surface area contributed by atoms with Gasteiger partial charge in [0.2, 0.25) is 10.0 Å². The molecular weight excluding hydrogens is 320 g/mol. The van der Waals surface area contributed by atoms with Crippen molar-refractivity contribution in [3.05, 3.63) is 77.2 Å². The highest BCUT2D eigenvalue weighted by Gasteiger charge is 2.35. The maximum absolute atomic E-state index is 12.9. The zero-order valence-corrected chi connectivity index (χ0v) is 14.6. The van der Waals surface area contributed by atoms with Gasteiger partial charge in [0.25, 0.3) is 0 Å². The van der Waals surface area contributed by atoms with Gasteiger partial charge >= 0.3 is 0 Å². The van der Waals surface area contributed by atoms with E-state index in [0.717, 1.165) is 24.2 Å². The Morgan fingerprint density at radius 2 is 1.67 bits per heavy atom. The number of benzene rings is 2. The SMILES string of the molecule is C[NH+]1CCN(S(=O)(=O)/C=C/c2ccccc2)[C@H](c2ccccc2)C1. The van der Waals surface area contributed by atoms with E-state index in [0.29, 0.717) is 6.54 Å². The number of hydrogen-bond donors (Lipinski definition) is 1. The van der Waals surface area contributed by atoms with Crippen LogP contribution in [0.2, 0.25) is 0 Å². The Balaban J connectivity index is 1.88. The van der Waals surface area contributed by atoms with Crippen LogP contribution in [-0.2, 0) is 10.0 Å². The summed E-state index contributed by atoms with van der Waals surface area (Å²) in [5, 5.41) is 1.33. The molecule has 24 heavy (non-hydrogen) atoms. The summed E-state index contributed by atoms with van der Waals surface area (Å²) in [6, 6.07) is 19.3. The zero-order valence-electron chi connectivity index (χ0n) is 13.8. The fourth-order valence-corrected chi connectivity index (χ4v) is 4.44. The summed E-state index contributed by atoms with van der Waals surface area (Å²) >= 11 is 0. The van der Waals surface area contributed by atoms with E-state index in [-0.39, 0.29) is 6.04 Å². The van der Waals surface area contributed by atoms with Gasteiger partial charge in [0.1, 0.15) is 0 Å². The first-order valence-corrected chi connectivity index (χ1v) is 9.68. The van der Waals surface area contributed by atoms with Gasteiger partial charge < -0.3 is 4.90 Å². The Bertz CT molecular complexity index is 789. The van der Waals surface area contributed by atoms with Crippen LogP contribution in [-0.4, -0.2) is 39.4 Å². The minimum absolute atomic E-state index is 0.120. The fourth-order valence-electron chi connectivity index (χ4n) is 3.06. The van der Waals surface area contributed by atoms with Crippen LogP contribution in [0.3, 0.4) is 0 Å². The topological polar surface area (TPSA) is 41.8 Å². The van der Waals surface area contributed by atoms with Crippen LogP contribution >= 0.6 is 0 Å². The molecule has 0 radical (unpaired) electrons. The molecule has 126 valence electrons. The van der Waals surface area contributed by atoms with Crippen molar-refractivity contribution in [2.75, 3.05) is 26.7 Å². The van der Waals surface area contributed by atoms with Gasteiger partial charge in [-0.05, 0) is 17.2 Å². The summed E-state index contributed by atoms with van der Waals surface area (Å²) in [7, 11) is -1.35. The molecule has 0 aromatic heterocycles. The third-order valence-corrected chi connectivity index (χ3v) is 5.96. The monoisotopic (exact) mass is 343 g/mol. The lowest BCUT2D eigenvalue weighted by Crippen LogP contribution is -3.12. The minimum atomic E-state index is -3.46. The van der Waals surface area contributed by atoms with E-state index in [2.05, 4.69) is 7.05 Å². The summed E-state index contributed by atoms with van der Waals surface area (Å²) in [6.07, 6.45) is 1.67. The van der Waals surface area contributed by atoms with Gasteiger partial charge in [0.05, 0.1) is 32.7 Å². The Morgan fingerprint density at radius 3 is 2.33 bits per heavy atom. The normalized spacial score (nSPS) is 22.7. The van der Waals surface area contributed by atoms with E-state index in [1.807, 2.05) is 60.7 Å². The second-order valence-corrected chi connectivity index (χ2v) is 7.98. The van der Waals surface area contributed by atoms with Crippen molar-refractivity contribution in [2.45, 2.75) is 6.04 Å². The molecule has 3 rings (SSSR count). The number of piperazine rings is 1. The van der Waals surface area contributed by atoms with Crippen molar-refractivity contribution >= 4 is 16.1 Å². The average Bonchev–Trinajstić information content (AvgIpc) is 2.61. The highest BCUT2D eigenvalue weighted by Crippen LogP contribution is 2.24. The zero-order chi connectivity index (χ0) is 17.0. The highest BCUT2D eigenvalue weighted by molar-refractivity contribution is 7.92. The molecule has 4 nitrogen and oxygen atoms in total. The summed E-state index contributed by atoms with van der Waals surface area (Å²) in [5.41, 5.74) is 1.94. The third-order valence-electron chi connectivity index (χ3n) is 4.39. The maximum Gasteiger partial charge on any atom is 0.237 e. The van der Waals surface area contributed by atoms with Gasteiger partial charge in [-0.1, -0.05) is 60.7 Å². The van der Waals surface area contributed by atoms with Gasteiger partial charge in [0.15, 0.2) is 0 Å². The second kappa shape index (κ2) is 7.30. The van der Waals surface area contributed by atoms with E-state index >= 15 is 0 Å². The fraction of sp³-hybridized carbons (Fsp3) is 0.263. The molecule has 1 fully saturated rings. The van der Waals surface area contributed by atoms with Gasteiger partial charge in [-0.15, -0.1) is 0 Å². The van der Waals surface area contributed by atoms with Crippen molar-refractivity contribution < 1.29 is 13.3 Å². The Morgan fingerprint density at radius 1 is 1.04 bits per heavy atom. The first-order valence-electron chi connectivity index (χ1n) is 8.17. The van der Waals surface area contributed by atoms with Crippen LogP contribution in [0.25, 0.3) is 6.08 Å². The van der Waals surface area contributed by atoms with Crippen molar-refractivity contribution in [3.63, 3.8) is 0 Å². The minimum Gasteiger partial charge on any atom is -0.335 e. The van der Waals surface area contributed by atoms with Crippen LogP contribution in [0, 0.1) is 0 Å². The molecule has 2 aromatic rings. The second-order valence-electron chi connectivity index (χ2n) is 6.21. The van der Waals surface area contributed by atoms with Crippen LogP contribution in [0.5, 0.6) is 0 Å². The van der Waals surface area contributed by atoms with Crippen LogP contribution < -0.4 is 4.90 Å². The first-order chi connectivity index (χ1) is 11.6. The number of hydrogen-bond acceptors (Lipinski definition) is 2. The summed E-state index contributed by atoms with van der Waals surface area (Å²) in [6.45, 7) is 2.14. The van der Waals surface area contributed by atoms with E-state index in [1.165, 1.54) is 10.3 Å². The quantitative estimate of drug-likeness (QED) is 0.915. The smallest absolute Gasteiger partial charge is 0.237 e. The molecular formula is C19H23N2O2S+. The number of quaternary nitrogens is 1. The predicted molar refractivity (Wildman–Crippen MR) is 96.9 cm³/mol. The maximum atomic E-state index is 12.9. The summed E-state index contributed by atoms with van der Waals surface area (Å²) < 4.78 is 27.4. The molecule has 1 saturated heterocycles. The van der Waals surface area contributed by atoms with Crippen LogP contribution in [0.4, 0.5) is 0 Å². The number of nitrogens with one attached hydrogen (secondary N) is 1. The van der Waals surface area contributed by atoms with Crippen LogP contribution in [0.1, 0.15) is 17.2 Å². The lowest BCUT2D eigenvalue weighted by Gasteiger charge is -2.36. The standard InChI is InChI=1S/C19H22N2O2S/c1-20-13-14-21(19(16-20)18-10-6-3-7-11-18)24(22,23)15-12-17-8-4-2-5-9-17/h2-12,15,19H,13-14,16H2,1H3/p+1/b15-12+/t19-/m0/s1. The van der Waals surface area contributed by atoms with Gasteiger partial charge in [-0.25, -0.2) is 8.42 Å². The molecule has 2 aromatic carbocycles. The van der Waals surface area contributed by atoms with Gasteiger partial charge in [-0.2, -0.15) is 4.31 Å². The molecule has 5 heteroatoms. The van der Waals surface area contributed by atoms with Crippen molar-refractivity contribution in [1.82, 2.24) is 4.31 Å². The summed E-state index contributed by atoms with van der Waals surface area (Å²) in [4.78, 5) is 1.35. The van der Waals surface area contributed by atoms with E-state index < -0.39 is 10.0 Å². The molecule has 0 saturated carbocycles. The molecule has 0 spiro atoms. The third kappa shape index (κ3) is 3.93. The highest BCUT2D eigenvalue weighted by atomic mass is 32.2. The molecule has 1 aliphatic rings. The largest absolute Gasteiger partial charge is 0.335 e. The molecule has 0 bridgehead atoms. The molecule has 1 heterocycles. The lowest BCUT2D eigenvalue weighted by atomic mass is 10.1. The first kappa shape index (κ1) is 16.9. The lowest BCUT2D eigenvalue weighted by molar-refractivity contribution is -0.887. The van der Waals surface area contributed by atoms with E-state index in [9.17, 15) is 8.42 Å². The van der Waals surface area contributed by atoms with Crippen molar-refractivity contribution in [3.8, 4) is 0 Å². The van der Waals surface area contributed by atoms with Crippen molar-refractivity contribution in [1.29, 1.82) is 0 Å². The molecule has 1 unspecified atom stereocenters. The van der Waals surface area contributed by atoms with Crippen molar-refractivity contribution in [2.24, 2.45) is 0 Å². The number of rotatable bonds is 4. The predicted octanol–water partition coefficient (Wildman–Crippen LogP) is 1.56. The molecule has 1 N–H and O–H groups in total. The number of likely N-dealkylation sites (N-methyl/N-ethyl adjacent to an activating group) is 1. The molecule has 1 aliphatic heterocycles. The number of sulfonamides is 1. The average molecular weight is 343 g/mol. The van der Waals surface area contributed by atoms with Gasteiger partial charge in [0, 0.05) is 5.41 Å². The summed E-state index contributed by atoms with van der Waals surface area (Å²) in [5.74, 6) is 0. The Labute approximate surface area is 144 Å². The van der Waals surface area contributed by atoms with E-state index in [4.69, 9.17) is 0 Å². The number of nitrogens with zero attached hydrogens (tertiary/aromatic N) is 1. The molecule has 0 aliphatic carbocycles. The van der Waals surface area contributed by atoms with E-state index in [1.54, 1.807) is 10.4 Å².